The number of carbonyl (C=O) groups is 1. The highest BCUT2D eigenvalue weighted by Crippen LogP contribution is 2.27. The number of benzene rings is 1. The van der Waals surface area contributed by atoms with Crippen molar-refractivity contribution < 1.29 is 4.79 Å². The van der Waals surface area contributed by atoms with Gasteiger partial charge in [0.2, 0.25) is 5.91 Å². The number of aromatic nitrogens is 4. The van der Waals surface area contributed by atoms with Crippen LogP contribution in [0, 0.1) is 20.8 Å². The molecule has 28 heavy (non-hydrogen) atoms. The van der Waals surface area contributed by atoms with Gasteiger partial charge < -0.3 is 10.3 Å². The summed E-state index contributed by atoms with van der Waals surface area (Å²) in [6.45, 7) is 5.85. The summed E-state index contributed by atoms with van der Waals surface area (Å²) in [5.41, 5.74) is 4.93. The molecule has 0 saturated heterocycles. The Labute approximate surface area is 165 Å². The number of aromatic amines is 1. The zero-order valence-corrected chi connectivity index (χ0v) is 17.0. The van der Waals surface area contributed by atoms with Crippen LogP contribution in [0.3, 0.4) is 0 Å². The van der Waals surface area contributed by atoms with Crippen molar-refractivity contribution in [1.82, 2.24) is 19.7 Å². The number of fused-ring (bicyclic) bond motifs is 2. The molecule has 0 bridgehead atoms. The number of carbonyl (C=O) groups excluding carboxylic acids is 1. The molecule has 0 fully saturated rings. The van der Waals surface area contributed by atoms with Crippen molar-refractivity contribution in [1.29, 1.82) is 0 Å². The fourth-order valence-corrected chi connectivity index (χ4v) is 4.54. The number of thiazole rings is 1. The van der Waals surface area contributed by atoms with Crippen LogP contribution in [0.25, 0.3) is 21.3 Å². The monoisotopic (exact) mass is 395 g/mol. The number of hydrogen-bond acceptors (Lipinski definition) is 5. The van der Waals surface area contributed by atoms with Crippen molar-refractivity contribution in [3.05, 3.63) is 50.9 Å². The van der Waals surface area contributed by atoms with Gasteiger partial charge in [0.05, 0.1) is 15.9 Å². The summed E-state index contributed by atoms with van der Waals surface area (Å²) >= 11 is 1.45. The maximum atomic E-state index is 12.5. The number of rotatable bonds is 4. The van der Waals surface area contributed by atoms with E-state index in [1.165, 1.54) is 11.3 Å². The first-order valence-electron chi connectivity index (χ1n) is 9.05. The van der Waals surface area contributed by atoms with E-state index in [1.54, 1.807) is 11.7 Å². The average Bonchev–Trinajstić information content (AvgIpc) is 3.14. The van der Waals surface area contributed by atoms with Gasteiger partial charge >= 0.3 is 0 Å². The molecule has 1 amide bonds. The van der Waals surface area contributed by atoms with E-state index in [0.29, 0.717) is 22.8 Å². The summed E-state index contributed by atoms with van der Waals surface area (Å²) in [5.74, 6) is -0.155. The van der Waals surface area contributed by atoms with E-state index in [9.17, 15) is 9.59 Å². The zero-order chi connectivity index (χ0) is 20.0. The molecular formula is C20H21N5O2S. The molecule has 3 aromatic heterocycles. The van der Waals surface area contributed by atoms with Gasteiger partial charge in [-0.05, 0) is 50.5 Å². The molecule has 8 heteroatoms. The molecule has 0 aliphatic rings. The predicted molar refractivity (Wildman–Crippen MR) is 112 cm³/mol. The molecular weight excluding hydrogens is 374 g/mol. The highest BCUT2D eigenvalue weighted by Gasteiger charge is 2.16. The standard InChI is InChI=1S/C20H21N5O2S/c1-10-5-7-14-15(9-10)28-20(21-14)22-16(26)8-6-13-11(2)17-12(3)24-25(4)18(17)23-19(13)27/h5,7,9H,6,8H2,1-4H3,(H,23,27)(H,21,22,26). The van der Waals surface area contributed by atoms with Gasteiger partial charge in [0.25, 0.3) is 5.56 Å². The molecule has 0 atom stereocenters. The molecule has 0 saturated carbocycles. The molecule has 1 aromatic carbocycles. The summed E-state index contributed by atoms with van der Waals surface area (Å²) in [6.07, 6.45) is 0.574. The lowest BCUT2D eigenvalue weighted by Crippen LogP contribution is -2.19. The van der Waals surface area contributed by atoms with Crippen molar-refractivity contribution in [2.75, 3.05) is 5.32 Å². The third-order valence-electron chi connectivity index (χ3n) is 4.95. The van der Waals surface area contributed by atoms with Gasteiger partial charge in [0.15, 0.2) is 5.13 Å². The van der Waals surface area contributed by atoms with Gasteiger partial charge in [0, 0.05) is 24.4 Å². The number of pyridine rings is 1. The van der Waals surface area contributed by atoms with Crippen molar-refractivity contribution in [2.24, 2.45) is 7.05 Å². The van der Waals surface area contributed by atoms with Crippen LogP contribution in [-0.4, -0.2) is 25.7 Å². The summed E-state index contributed by atoms with van der Waals surface area (Å²) in [4.78, 5) is 32.2. The lowest BCUT2D eigenvalue weighted by atomic mass is 10.0. The number of aryl methyl sites for hydroxylation is 4. The van der Waals surface area contributed by atoms with E-state index in [1.807, 2.05) is 32.9 Å². The fraction of sp³-hybridized carbons (Fsp3) is 0.300. The first-order chi connectivity index (χ1) is 13.3. The third-order valence-corrected chi connectivity index (χ3v) is 5.88. The Morgan fingerprint density at radius 2 is 2.07 bits per heavy atom. The van der Waals surface area contributed by atoms with Crippen LogP contribution in [0.2, 0.25) is 0 Å². The second-order valence-corrected chi connectivity index (χ2v) is 8.06. The highest BCUT2D eigenvalue weighted by molar-refractivity contribution is 7.22. The molecule has 7 nitrogen and oxygen atoms in total. The number of H-pyrrole nitrogens is 1. The zero-order valence-electron chi connectivity index (χ0n) is 16.2. The number of nitrogens with zero attached hydrogens (tertiary/aromatic N) is 3. The largest absolute Gasteiger partial charge is 0.307 e. The topological polar surface area (TPSA) is 92.7 Å². The summed E-state index contributed by atoms with van der Waals surface area (Å²) in [7, 11) is 1.80. The summed E-state index contributed by atoms with van der Waals surface area (Å²) in [6, 6.07) is 6.00. The van der Waals surface area contributed by atoms with Crippen molar-refractivity contribution >= 4 is 43.6 Å². The fourth-order valence-electron chi connectivity index (χ4n) is 3.56. The Hall–Kier alpha value is -3.00. The van der Waals surface area contributed by atoms with Crippen molar-refractivity contribution in [3.8, 4) is 0 Å². The van der Waals surface area contributed by atoms with E-state index < -0.39 is 0 Å². The Kier molecular flexibility index (Phi) is 4.50. The van der Waals surface area contributed by atoms with Crippen LogP contribution in [0.4, 0.5) is 5.13 Å². The second kappa shape index (κ2) is 6.87. The molecule has 4 rings (SSSR count). The van der Waals surface area contributed by atoms with Gasteiger partial charge in [-0.15, -0.1) is 0 Å². The van der Waals surface area contributed by atoms with Crippen LogP contribution >= 0.6 is 11.3 Å². The van der Waals surface area contributed by atoms with Crippen molar-refractivity contribution in [3.63, 3.8) is 0 Å². The lowest BCUT2D eigenvalue weighted by molar-refractivity contribution is -0.116. The Morgan fingerprint density at radius 3 is 2.86 bits per heavy atom. The summed E-state index contributed by atoms with van der Waals surface area (Å²) in [5, 5.41) is 8.75. The molecule has 0 radical (unpaired) electrons. The normalized spacial score (nSPS) is 11.4. The molecule has 0 aliphatic carbocycles. The maximum Gasteiger partial charge on any atom is 0.253 e. The van der Waals surface area contributed by atoms with Gasteiger partial charge in [-0.25, -0.2) is 4.98 Å². The third kappa shape index (κ3) is 3.20. The van der Waals surface area contributed by atoms with Crippen LogP contribution in [0.15, 0.2) is 23.0 Å². The SMILES string of the molecule is Cc1ccc2nc(NC(=O)CCc3c(C)c4c(C)nn(C)c4[nH]c3=O)sc2c1. The quantitative estimate of drug-likeness (QED) is 0.554. The molecule has 0 aliphatic heterocycles. The van der Waals surface area contributed by atoms with Gasteiger partial charge in [-0.2, -0.15) is 5.10 Å². The first-order valence-corrected chi connectivity index (χ1v) is 9.87. The predicted octanol–water partition coefficient (Wildman–Crippen LogP) is 3.37. The molecule has 3 heterocycles. The minimum atomic E-state index is -0.170. The lowest BCUT2D eigenvalue weighted by Gasteiger charge is -2.07. The Balaban J connectivity index is 1.53. The van der Waals surface area contributed by atoms with Crippen LogP contribution in [-0.2, 0) is 18.3 Å². The van der Waals surface area contributed by atoms with E-state index in [0.717, 1.165) is 32.4 Å². The van der Waals surface area contributed by atoms with Crippen LogP contribution in [0.1, 0.15) is 28.8 Å². The molecule has 2 N–H and O–H groups in total. The van der Waals surface area contributed by atoms with Crippen LogP contribution < -0.4 is 10.9 Å². The van der Waals surface area contributed by atoms with Gasteiger partial charge in [-0.3, -0.25) is 14.3 Å². The Bertz CT molecular complexity index is 1280. The molecule has 0 spiro atoms. The van der Waals surface area contributed by atoms with E-state index in [2.05, 4.69) is 26.4 Å². The van der Waals surface area contributed by atoms with Crippen LogP contribution in [0.5, 0.6) is 0 Å². The van der Waals surface area contributed by atoms with Gasteiger partial charge in [0.1, 0.15) is 5.65 Å². The minimum Gasteiger partial charge on any atom is -0.307 e. The molecule has 4 aromatic rings. The smallest absolute Gasteiger partial charge is 0.253 e. The maximum absolute atomic E-state index is 12.5. The number of amides is 1. The average molecular weight is 395 g/mol. The number of hydrogen-bond donors (Lipinski definition) is 2. The first kappa shape index (κ1) is 18.4. The summed E-state index contributed by atoms with van der Waals surface area (Å²) < 4.78 is 2.71. The minimum absolute atomic E-state index is 0.155. The van der Waals surface area contributed by atoms with E-state index in [-0.39, 0.29) is 17.9 Å². The van der Waals surface area contributed by atoms with Gasteiger partial charge in [-0.1, -0.05) is 17.4 Å². The van der Waals surface area contributed by atoms with E-state index in [4.69, 9.17) is 0 Å². The van der Waals surface area contributed by atoms with Crippen molar-refractivity contribution in [2.45, 2.75) is 33.6 Å². The second-order valence-electron chi connectivity index (χ2n) is 7.03. The molecule has 144 valence electrons. The highest BCUT2D eigenvalue weighted by atomic mass is 32.1. The molecule has 0 unspecified atom stereocenters. The number of anilines is 1. The van der Waals surface area contributed by atoms with E-state index >= 15 is 0 Å². The Morgan fingerprint density at radius 1 is 1.29 bits per heavy atom. The number of nitrogens with one attached hydrogen (secondary N) is 2.